The summed E-state index contributed by atoms with van der Waals surface area (Å²) in [6, 6.07) is -2.26. The molecule has 5 fully saturated rings. The van der Waals surface area contributed by atoms with E-state index in [1.807, 2.05) is 0 Å². The largest absolute Gasteiger partial charge is 0.481 e. The lowest BCUT2D eigenvalue weighted by Crippen LogP contribution is -2.49. The van der Waals surface area contributed by atoms with Gasteiger partial charge in [-0.25, -0.2) is 24.0 Å². The molecule has 5 amide bonds. The SMILES string of the molecule is CCOC(=O)C1CCCCN1C(=O)CCOC.CCOC(=O)C1CCCN1C(=O)CCOC.COCC(=O)N1CCCC1C(=O)O.COCC(=O)N1CCCCC1C(=O)OC.COCC(C)C(=O)O.COCCC(=O)N1CCCCC1C(=O)OC. The molecule has 5 saturated heterocycles. The van der Waals surface area contributed by atoms with Gasteiger partial charge in [0.05, 0.1) is 79.0 Å². The molecule has 0 saturated carbocycles. The van der Waals surface area contributed by atoms with Crippen molar-refractivity contribution in [3.05, 3.63) is 0 Å². The van der Waals surface area contributed by atoms with E-state index in [1.165, 1.54) is 40.4 Å². The van der Waals surface area contributed by atoms with Crippen LogP contribution >= 0.6 is 0 Å². The Morgan fingerprint density at radius 2 is 0.682 bits per heavy atom. The predicted octanol–water partition coefficient (Wildman–Crippen LogP) is 2.37. The molecule has 0 aliphatic carbocycles. The van der Waals surface area contributed by atoms with E-state index >= 15 is 0 Å². The highest BCUT2D eigenvalue weighted by molar-refractivity contribution is 5.88. The van der Waals surface area contributed by atoms with E-state index in [-0.39, 0.29) is 85.2 Å². The number of likely N-dealkylation sites (tertiary alicyclic amines) is 5. The minimum atomic E-state index is -0.929. The summed E-state index contributed by atoms with van der Waals surface area (Å²) in [7, 11) is 11.7. The Bertz CT molecular complexity index is 2010. The molecule has 6 unspecified atom stereocenters. The average Bonchev–Trinajstić information content (AvgIpc) is 4.40. The number of hydrogen-bond acceptors (Lipinski definition) is 21. The van der Waals surface area contributed by atoms with E-state index in [0.717, 1.165) is 51.4 Å². The average molecular weight is 1220 g/mol. The van der Waals surface area contributed by atoms with Crippen molar-refractivity contribution in [3.63, 3.8) is 0 Å². The maximum Gasteiger partial charge on any atom is 0.328 e. The van der Waals surface area contributed by atoms with Crippen molar-refractivity contribution >= 4 is 65.4 Å². The standard InChI is InChI=1S/C12H21NO4.2C11H19NO4.C10H17NO4.C8H13NO4.C5H10O3/c1-3-17-12(15)10-6-4-5-8-13(10)11(14)7-9-16-2;1-15-8-6-10(13)12-7-4-3-5-9(12)11(14)16-2;1-3-16-11(14)9-5-4-7-12(9)10(13)6-8-15-2;1-14-7-9(12)11-6-4-3-5-8(11)10(13)15-2;1-13-5-7(10)9-4-2-3-6(9)8(11)12;1-4(3-8-2)5(6)7/h10H,3-9H2,1-2H3;2*9H,3-8H2,1-2H3;8H,3-7H2,1-2H3;6H,2-5H2,1H3,(H,11,12);4H,3H2,1-2H3,(H,6,7). The number of amides is 5. The first-order valence-corrected chi connectivity index (χ1v) is 29.0. The number of piperidine rings is 3. The topological polar surface area (TPSA) is 337 Å². The van der Waals surface area contributed by atoms with Crippen molar-refractivity contribution in [1.82, 2.24) is 24.5 Å². The lowest BCUT2D eigenvalue weighted by Gasteiger charge is -2.34. The van der Waals surface area contributed by atoms with Crippen LogP contribution in [0.4, 0.5) is 0 Å². The van der Waals surface area contributed by atoms with Gasteiger partial charge in [-0.05, 0) is 104 Å². The molecule has 0 spiro atoms. The third kappa shape index (κ3) is 30.2. The molecular weight excluding hydrogens is 1120 g/mol. The molecule has 28 nitrogen and oxygen atoms in total. The molecule has 0 aromatic rings. The van der Waals surface area contributed by atoms with E-state index in [1.54, 1.807) is 61.7 Å². The Morgan fingerprint density at radius 1 is 0.388 bits per heavy atom. The fourth-order valence-corrected chi connectivity index (χ4v) is 9.54. The highest BCUT2D eigenvalue weighted by Gasteiger charge is 2.37. The number of aliphatic carboxylic acids is 2. The number of hydrogen-bond donors (Lipinski definition) is 2. The maximum absolute atomic E-state index is 11.9. The fourth-order valence-electron chi connectivity index (χ4n) is 9.54. The van der Waals surface area contributed by atoms with Crippen LogP contribution in [0.3, 0.4) is 0 Å². The summed E-state index contributed by atoms with van der Waals surface area (Å²) in [5.41, 5.74) is 0. The number of nitrogens with zero attached hydrogens (tertiary/aromatic N) is 5. The van der Waals surface area contributed by atoms with Gasteiger partial charge < -0.3 is 82.1 Å². The van der Waals surface area contributed by atoms with Crippen molar-refractivity contribution in [1.29, 1.82) is 0 Å². The van der Waals surface area contributed by atoms with Crippen molar-refractivity contribution in [3.8, 4) is 0 Å². The summed E-state index contributed by atoms with van der Waals surface area (Å²) in [5, 5.41) is 17.0. The zero-order valence-corrected chi connectivity index (χ0v) is 52.2. The highest BCUT2D eigenvalue weighted by Crippen LogP contribution is 2.23. The molecule has 5 rings (SSSR count). The molecule has 0 bridgehead atoms. The Morgan fingerprint density at radius 3 is 0.953 bits per heavy atom. The minimum absolute atomic E-state index is 0.0213. The van der Waals surface area contributed by atoms with Crippen LogP contribution in [-0.4, -0.2) is 273 Å². The summed E-state index contributed by atoms with van der Waals surface area (Å²) >= 11 is 0. The van der Waals surface area contributed by atoms with Crippen LogP contribution in [0.1, 0.15) is 124 Å². The van der Waals surface area contributed by atoms with Gasteiger partial charge in [-0.2, -0.15) is 0 Å². The second-order valence-corrected chi connectivity index (χ2v) is 20.0. The smallest absolute Gasteiger partial charge is 0.328 e. The monoisotopic (exact) mass is 1220 g/mol. The van der Waals surface area contributed by atoms with Gasteiger partial charge in [-0.1, -0.05) is 0 Å². The van der Waals surface area contributed by atoms with E-state index in [0.29, 0.717) is 117 Å². The van der Waals surface area contributed by atoms with Crippen molar-refractivity contribution in [2.75, 3.05) is 142 Å². The number of carboxylic acid groups (broad SMARTS) is 2. The summed E-state index contributed by atoms with van der Waals surface area (Å²) in [6.45, 7) is 10.4. The third-order valence-electron chi connectivity index (χ3n) is 13.9. The van der Waals surface area contributed by atoms with Crippen LogP contribution < -0.4 is 0 Å². The van der Waals surface area contributed by atoms with Gasteiger partial charge in [0, 0.05) is 75.4 Å². The molecule has 28 heteroatoms. The van der Waals surface area contributed by atoms with E-state index < -0.39 is 36.1 Å². The van der Waals surface area contributed by atoms with Gasteiger partial charge in [0.2, 0.25) is 29.5 Å². The number of rotatable bonds is 23. The van der Waals surface area contributed by atoms with Crippen LogP contribution in [0.25, 0.3) is 0 Å². The Kier molecular flexibility index (Phi) is 43.8. The number of esters is 4. The molecule has 490 valence electrons. The van der Waals surface area contributed by atoms with Gasteiger partial charge in [0.15, 0.2) is 0 Å². The molecular formula is C57H99N5O23. The van der Waals surface area contributed by atoms with Crippen molar-refractivity contribution < 1.29 is 110 Å². The second kappa shape index (κ2) is 47.1. The van der Waals surface area contributed by atoms with Crippen LogP contribution in [0, 0.1) is 5.92 Å². The fraction of sp³-hybridized carbons (Fsp3) is 0.807. The third-order valence-corrected chi connectivity index (χ3v) is 13.9. The molecule has 0 aromatic heterocycles. The number of carbonyl (C=O) groups excluding carboxylic acids is 9. The number of carboxylic acids is 2. The van der Waals surface area contributed by atoms with Crippen molar-refractivity contribution in [2.24, 2.45) is 5.92 Å². The van der Waals surface area contributed by atoms with Gasteiger partial charge in [0.1, 0.15) is 43.4 Å². The number of methoxy groups -OCH3 is 8. The first kappa shape index (κ1) is 78.9. The number of ether oxygens (including phenoxy) is 10. The van der Waals surface area contributed by atoms with Gasteiger partial charge >= 0.3 is 35.8 Å². The quantitative estimate of drug-likeness (QED) is 0.110. The van der Waals surface area contributed by atoms with E-state index in [2.05, 4.69) is 14.2 Å². The molecule has 85 heavy (non-hydrogen) atoms. The normalized spacial score (nSPS) is 20.0. The molecule has 5 aliphatic heterocycles. The van der Waals surface area contributed by atoms with Crippen molar-refractivity contribution in [2.45, 2.75) is 154 Å². The molecule has 6 atom stereocenters. The summed E-state index contributed by atoms with van der Waals surface area (Å²) in [6.07, 6.45) is 11.7. The minimum Gasteiger partial charge on any atom is -0.481 e. The first-order valence-electron chi connectivity index (χ1n) is 29.0. The molecule has 0 radical (unpaired) electrons. The molecule has 5 aliphatic rings. The number of carbonyl (C=O) groups is 11. The lowest BCUT2D eigenvalue weighted by atomic mass is 10.0. The van der Waals surface area contributed by atoms with E-state index in [4.69, 9.17) is 43.4 Å². The maximum atomic E-state index is 11.9. The Labute approximate surface area is 500 Å². The Balaban J connectivity index is 0.00000101. The summed E-state index contributed by atoms with van der Waals surface area (Å²) in [5.74, 6) is -3.82. The molecule has 2 N–H and O–H groups in total. The first-order chi connectivity index (χ1) is 40.7. The van der Waals surface area contributed by atoms with Gasteiger partial charge in [-0.3, -0.25) is 28.8 Å². The molecule has 0 aromatic carbocycles. The summed E-state index contributed by atoms with van der Waals surface area (Å²) < 4.78 is 47.9. The lowest BCUT2D eigenvalue weighted by molar-refractivity contribution is -0.157. The second-order valence-electron chi connectivity index (χ2n) is 20.0. The predicted molar refractivity (Wildman–Crippen MR) is 304 cm³/mol. The summed E-state index contributed by atoms with van der Waals surface area (Å²) in [4.78, 5) is 133. The van der Waals surface area contributed by atoms with Gasteiger partial charge in [0.25, 0.3) is 0 Å². The highest BCUT2D eigenvalue weighted by atomic mass is 16.5. The molecule has 5 heterocycles. The van der Waals surface area contributed by atoms with E-state index in [9.17, 15) is 52.7 Å². The van der Waals surface area contributed by atoms with Gasteiger partial charge in [-0.15, -0.1) is 0 Å². The van der Waals surface area contributed by atoms with Crippen LogP contribution in [0.5, 0.6) is 0 Å². The van der Waals surface area contributed by atoms with Crippen LogP contribution in [-0.2, 0) is 100 Å². The Hall–Kier alpha value is -6.07. The van der Waals surface area contributed by atoms with Crippen LogP contribution in [0.15, 0.2) is 0 Å². The van der Waals surface area contributed by atoms with Crippen LogP contribution in [0.2, 0.25) is 0 Å². The zero-order valence-electron chi connectivity index (χ0n) is 52.2. The zero-order chi connectivity index (χ0) is 64.3.